The summed E-state index contributed by atoms with van der Waals surface area (Å²) in [6, 6.07) is 12.8. The highest BCUT2D eigenvalue weighted by Gasteiger charge is 2.64. The smallest absolute Gasteiger partial charge is 0.255 e. The molecule has 0 unspecified atom stereocenters. The molecule has 0 bridgehead atoms. The fourth-order valence-electron chi connectivity index (χ4n) is 8.06. The number of amides is 1. The van der Waals surface area contributed by atoms with Gasteiger partial charge in [-0.3, -0.25) is 19.3 Å². The number of primary amides is 1. The summed E-state index contributed by atoms with van der Waals surface area (Å²) in [5, 5.41) is 48.8. The van der Waals surface area contributed by atoms with Crippen LogP contribution in [0.15, 0.2) is 59.4 Å². The highest BCUT2D eigenvalue weighted by Crippen LogP contribution is 2.53. The Kier molecular flexibility index (Phi) is 7.53. The molecule has 0 spiro atoms. The second kappa shape index (κ2) is 11.1. The summed E-state index contributed by atoms with van der Waals surface area (Å²) in [7, 11) is 3.17. The first kappa shape index (κ1) is 29.9. The van der Waals surface area contributed by atoms with Crippen LogP contribution in [0.5, 0.6) is 5.75 Å². The lowest BCUT2D eigenvalue weighted by Crippen LogP contribution is -2.65. The largest absolute Gasteiger partial charge is 0.508 e. The third-order valence-corrected chi connectivity index (χ3v) is 10.2. The SMILES string of the molecule is CN(C)[C@@H]1C(=O)C(C(N)=O)=C(O)[C@@]2(O)C(=O)C3=C(O)c4c(O)ccc(NC5CCC(Cc6ccccc6)CC5)c4C[C@H]3C[C@@H]12. The van der Waals surface area contributed by atoms with Gasteiger partial charge in [0.1, 0.15) is 22.8 Å². The van der Waals surface area contributed by atoms with Crippen LogP contribution in [0.3, 0.4) is 0 Å². The maximum absolute atomic E-state index is 14.0. The Morgan fingerprint density at radius 1 is 1.02 bits per heavy atom. The van der Waals surface area contributed by atoms with Gasteiger partial charge in [0.15, 0.2) is 11.4 Å². The van der Waals surface area contributed by atoms with Crippen LogP contribution in [-0.4, -0.2) is 74.6 Å². The highest BCUT2D eigenvalue weighted by molar-refractivity contribution is 6.24. The molecule has 0 aromatic heterocycles. The fourth-order valence-corrected chi connectivity index (χ4v) is 8.06. The van der Waals surface area contributed by atoms with E-state index in [0.717, 1.165) is 37.8 Å². The summed E-state index contributed by atoms with van der Waals surface area (Å²) >= 11 is 0. The van der Waals surface area contributed by atoms with E-state index in [1.54, 1.807) is 20.2 Å². The lowest BCUT2D eigenvalue weighted by Gasteiger charge is -2.50. The molecule has 0 heterocycles. The number of phenolic OH excluding ortho intramolecular Hbond substituents is 1. The van der Waals surface area contributed by atoms with E-state index >= 15 is 0 Å². The fraction of sp³-hybridized carbons (Fsp3) is 0.441. The van der Waals surface area contributed by atoms with Gasteiger partial charge < -0.3 is 31.5 Å². The first-order chi connectivity index (χ1) is 20.9. The number of benzene rings is 2. The van der Waals surface area contributed by atoms with Gasteiger partial charge in [0.25, 0.3) is 5.91 Å². The van der Waals surface area contributed by atoms with Crippen LogP contribution >= 0.6 is 0 Å². The van der Waals surface area contributed by atoms with E-state index in [1.807, 2.05) is 6.07 Å². The van der Waals surface area contributed by atoms with Crippen molar-refractivity contribution in [3.05, 3.63) is 76.1 Å². The van der Waals surface area contributed by atoms with E-state index in [-0.39, 0.29) is 35.8 Å². The summed E-state index contributed by atoms with van der Waals surface area (Å²) in [6.45, 7) is 0. The minimum absolute atomic E-state index is 0.0610. The van der Waals surface area contributed by atoms with Crippen molar-refractivity contribution < 1.29 is 34.8 Å². The number of aliphatic hydroxyl groups is 3. The molecule has 232 valence electrons. The van der Waals surface area contributed by atoms with E-state index in [2.05, 4.69) is 29.6 Å². The van der Waals surface area contributed by atoms with Gasteiger partial charge >= 0.3 is 0 Å². The molecule has 44 heavy (non-hydrogen) atoms. The predicted molar refractivity (Wildman–Crippen MR) is 164 cm³/mol. The number of carbonyl (C=O) groups is 3. The van der Waals surface area contributed by atoms with Crippen molar-refractivity contribution in [2.24, 2.45) is 23.5 Å². The minimum Gasteiger partial charge on any atom is -0.508 e. The van der Waals surface area contributed by atoms with Crippen molar-refractivity contribution in [3.63, 3.8) is 0 Å². The van der Waals surface area contributed by atoms with Gasteiger partial charge in [-0.05, 0) is 94.1 Å². The van der Waals surface area contributed by atoms with Crippen molar-refractivity contribution in [1.29, 1.82) is 0 Å². The number of aromatic hydroxyl groups is 1. The predicted octanol–water partition coefficient (Wildman–Crippen LogP) is 3.18. The lowest BCUT2D eigenvalue weighted by atomic mass is 9.57. The molecule has 0 saturated heterocycles. The van der Waals surface area contributed by atoms with E-state index in [4.69, 9.17) is 5.73 Å². The van der Waals surface area contributed by atoms with Gasteiger partial charge in [0, 0.05) is 23.2 Å². The van der Waals surface area contributed by atoms with Crippen molar-refractivity contribution in [3.8, 4) is 5.75 Å². The Morgan fingerprint density at radius 3 is 2.34 bits per heavy atom. The van der Waals surface area contributed by atoms with Crippen LogP contribution in [0.25, 0.3) is 5.76 Å². The van der Waals surface area contributed by atoms with Crippen LogP contribution in [0.2, 0.25) is 0 Å². The number of hydrogen-bond donors (Lipinski definition) is 6. The number of rotatable bonds is 6. The van der Waals surface area contributed by atoms with E-state index in [9.17, 15) is 34.8 Å². The minimum atomic E-state index is -2.64. The maximum atomic E-state index is 14.0. The number of carbonyl (C=O) groups excluding carboxylic acids is 3. The number of ketones is 2. The number of nitrogens with one attached hydrogen (secondary N) is 1. The van der Waals surface area contributed by atoms with Gasteiger partial charge in [-0.15, -0.1) is 0 Å². The third kappa shape index (κ3) is 4.68. The molecule has 7 N–H and O–H groups in total. The standard InChI is InChI=1S/C34H39N3O7/c1-37(2)28-22-16-19-15-21-23(36-20-10-8-18(9-11-20)14-17-6-4-3-5-7-17)12-13-24(38)26(21)29(39)25(19)31(41)34(22,44)32(42)27(30(28)40)33(35)43/h3-7,12-13,18-20,22,28,36,38-39,42,44H,8-11,14-16H2,1-2H3,(H2,35,43)/t18?,19-,20?,22-,28-,34-/m0/s1. The zero-order chi connectivity index (χ0) is 31.5. The van der Waals surface area contributed by atoms with Crippen LogP contribution in [0.4, 0.5) is 5.69 Å². The summed E-state index contributed by atoms with van der Waals surface area (Å²) in [5.74, 6) is -5.91. The van der Waals surface area contributed by atoms with Crippen molar-refractivity contribution in [1.82, 2.24) is 4.90 Å². The molecule has 2 aromatic carbocycles. The quantitative estimate of drug-likeness (QED) is 0.215. The van der Waals surface area contributed by atoms with Crippen LogP contribution in [-0.2, 0) is 27.2 Å². The van der Waals surface area contributed by atoms with Crippen molar-refractivity contribution in [2.75, 3.05) is 19.4 Å². The molecule has 0 aliphatic heterocycles. The Morgan fingerprint density at radius 2 is 1.70 bits per heavy atom. The highest BCUT2D eigenvalue weighted by atomic mass is 16.3. The molecule has 4 aliphatic carbocycles. The molecule has 4 aliphatic rings. The van der Waals surface area contributed by atoms with Gasteiger partial charge in [-0.2, -0.15) is 0 Å². The molecule has 10 heteroatoms. The molecule has 6 rings (SSSR count). The van der Waals surface area contributed by atoms with Crippen molar-refractivity contribution >= 4 is 28.9 Å². The van der Waals surface area contributed by atoms with E-state index in [1.165, 1.54) is 16.5 Å². The first-order valence-corrected chi connectivity index (χ1v) is 15.2. The number of nitrogens with two attached hydrogens (primary N) is 1. The van der Waals surface area contributed by atoms with Crippen LogP contribution < -0.4 is 11.1 Å². The second-order valence-electron chi connectivity index (χ2n) is 13.0. The average molecular weight is 602 g/mol. The van der Waals surface area contributed by atoms with Gasteiger partial charge in [0.2, 0.25) is 5.78 Å². The Labute approximate surface area is 255 Å². The Hall–Kier alpha value is -4.15. The molecule has 2 saturated carbocycles. The molecular weight excluding hydrogens is 562 g/mol. The van der Waals surface area contributed by atoms with Gasteiger partial charge in [0.05, 0.1) is 11.6 Å². The molecule has 0 radical (unpaired) electrons. The zero-order valence-corrected chi connectivity index (χ0v) is 24.9. The number of aliphatic hydroxyl groups excluding tert-OH is 2. The molecule has 4 atom stereocenters. The normalized spacial score (nSPS) is 30.1. The van der Waals surface area contributed by atoms with E-state index < -0.39 is 58.0 Å². The average Bonchev–Trinajstić information content (AvgIpc) is 2.97. The number of anilines is 1. The topological polar surface area (TPSA) is 173 Å². The monoisotopic (exact) mass is 601 g/mol. The number of likely N-dealkylation sites (N-methyl/N-ethyl adjacent to an activating group) is 1. The summed E-state index contributed by atoms with van der Waals surface area (Å²) in [4.78, 5) is 41.0. The van der Waals surface area contributed by atoms with Crippen molar-refractivity contribution in [2.45, 2.75) is 62.6 Å². The van der Waals surface area contributed by atoms with Gasteiger partial charge in [-0.25, -0.2) is 0 Å². The number of nitrogens with zero attached hydrogens (tertiary/aromatic N) is 1. The van der Waals surface area contributed by atoms with E-state index in [0.29, 0.717) is 11.5 Å². The molecule has 10 nitrogen and oxygen atoms in total. The number of hydrogen-bond acceptors (Lipinski definition) is 9. The third-order valence-electron chi connectivity index (χ3n) is 10.2. The molecule has 1 amide bonds. The van der Waals surface area contributed by atoms with Crippen LogP contribution in [0, 0.1) is 17.8 Å². The summed E-state index contributed by atoms with van der Waals surface area (Å²) in [5.41, 5.74) is 4.64. The molecular formula is C34H39N3O7. The first-order valence-electron chi connectivity index (χ1n) is 15.2. The number of Topliss-reactive ketones (excluding diaryl/α,β-unsaturated/α-hetero) is 2. The number of fused-ring (bicyclic) bond motifs is 3. The molecule has 2 fully saturated rings. The molecule has 2 aromatic rings. The zero-order valence-electron chi connectivity index (χ0n) is 24.9. The summed E-state index contributed by atoms with van der Waals surface area (Å²) < 4.78 is 0. The Balaban J connectivity index is 1.31. The Bertz CT molecular complexity index is 1590. The van der Waals surface area contributed by atoms with Crippen LogP contribution in [0.1, 0.15) is 48.8 Å². The lowest BCUT2D eigenvalue weighted by molar-refractivity contribution is -0.153. The van der Waals surface area contributed by atoms with Gasteiger partial charge in [-0.1, -0.05) is 30.3 Å². The second-order valence-corrected chi connectivity index (χ2v) is 13.0. The maximum Gasteiger partial charge on any atom is 0.255 e. The summed E-state index contributed by atoms with van der Waals surface area (Å²) in [6.07, 6.45) is 5.46. The number of phenols is 1.